The number of nitrogens with one attached hydrogen (secondary N) is 2. The summed E-state index contributed by atoms with van der Waals surface area (Å²) < 4.78 is 0. The first-order valence-electron chi connectivity index (χ1n) is 7.43. The minimum atomic E-state index is -0.870. The number of amides is 3. The Morgan fingerprint density at radius 1 is 1.38 bits per heavy atom. The normalized spacial score (nSPS) is 22.7. The predicted octanol–water partition coefficient (Wildman–Crippen LogP) is 0.796. The van der Waals surface area contributed by atoms with Crippen molar-refractivity contribution in [2.45, 2.75) is 52.1 Å². The fraction of sp³-hybridized carbons (Fsp3) is 0.786. The van der Waals surface area contributed by atoms with Gasteiger partial charge >= 0.3 is 12.0 Å². The third kappa shape index (κ3) is 4.91. The molecule has 3 atom stereocenters. The van der Waals surface area contributed by atoms with E-state index in [4.69, 9.17) is 5.11 Å². The van der Waals surface area contributed by atoms with Gasteiger partial charge in [-0.15, -0.1) is 0 Å². The highest BCUT2D eigenvalue weighted by Crippen LogP contribution is 2.24. The van der Waals surface area contributed by atoms with Crippen LogP contribution in [0.15, 0.2) is 0 Å². The van der Waals surface area contributed by atoms with Crippen LogP contribution in [-0.4, -0.2) is 53.1 Å². The van der Waals surface area contributed by atoms with Crippen molar-refractivity contribution in [3.05, 3.63) is 0 Å². The summed E-state index contributed by atoms with van der Waals surface area (Å²) in [4.78, 5) is 36.1. The number of urea groups is 1. The number of likely N-dealkylation sites (tertiary alicyclic amines) is 1. The Morgan fingerprint density at radius 3 is 2.57 bits per heavy atom. The highest BCUT2D eigenvalue weighted by Gasteiger charge is 2.37. The fourth-order valence-corrected chi connectivity index (χ4v) is 2.39. The molecule has 1 saturated heterocycles. The fourth-order valence-electron chi connectivity index (χ4n) is 2.39. The van der Waals surface area contributed by atoms with Crippen LogP contribution in [0.5, 0.6) is 0 Å². The summed E-state index contributed by atoms with van der Waals surface area (Å²) in [5.41, 5.74) is 0. The quantitative estimate of drug-likeness (QED) is 0.675. The molecule has 1 aliphatic rings. The van der Waals surface area contributed by atoms with Gasteiger partial charge in [-0.3, -0.25) is 9.59 Å². The molecule has 0 aromatic heterocycles. The van der Waals surface area contributed by atoms with E-state index in [1.807, 2.05) is 13.8 Å². The van der Waals surface area contributed by atoms with Crippen LogP contribution in [0.1, 0.15) is 40.0 Å². The topological polar surface area (TPSA) is 98.7 Å². The van der Waals surface area contributed by atoms with Gasteiger partial charge < -0.3 is 20.6 Å². The molecule has 1 rings (SSSR count). The van der Waals surface area contributed by atoms with E-state index in [0.29, 0.717) is 13.0 Å². The number of rotatable bonds is 6. The first-order valence-corrected chi connectivity index (χ1v) is 7.43. The van der Waals surface area contributed by atoms with Gasteiger partial charge in [0.2, 0.25) is 5.91 Å². The van der Waals surface area contributed by atoms with Gasteiger partial charge in [0.05, 0.1) is 5.92 Å². The average Bonchev–Trinajstić information content (AvgIpc) is 2.80. The number of carbonyl (C=O) groups excluding carboxylic acids is 2. The Balaban J connectivity index is 2.32. The Morgan fingerprint density at radius 2 is 2.05 bits per heavy atom. The van der Waals surface area contributed by atoms with Crippen molar-refractivity contribution in [3.8, 4) is 0 Å². The monoisotopic (exact) mass is 299 g/mol. The van der Waals surface area contributed by atoms with Gasteiger partial charge in [0.15, 0.2) is 0 Å². The van der Waals surface area contributed by atoms with Crippen molar-refractivity contribution >= 4 is 17.9 Å². The summed E-state index contributed by atoms with van der Waals surface area (Å²) in [5.74, 6) is -1.47. The van der Waals surface area contributed by atoms with Crippen LogP contribution in [0.3, 0.4) is 0 Å². The van der Waals surface area contributed by atoms with Crippen LogP contribution in [0, 0.1) is 5.92 Å². The second-order valence-electron chi connectivity index (χ2n) is 5.53. The lowest BCUT2D eigenvalue weighted by Crippen LogP contribution is -2.45. The third-order valence-electron chi connectivity index (χ3n) is 3.98. The number of aliphatic carboxylic acids is 1. The molecule has 3 unspecified atom stereocenters. The lowest BCUT2D eigenvalue weighted by molar-refractivity contribution is -0.142. The second kappa shape index (κ2) is 7.85. The molecular weight excluding hydrogens is 274 g/mol. The second-order valence-corrected chi connectivity index (χ2v) is 5.53. The molecule has 0 aromatic carbocycles. The van der Waals surface area contributed by atoms with E-state index < -0.39 is 11.9 Å². The number of nitrogens with zero attached hydrogens (tertiary/aromatic N) is 1. The molecule has 3 amide bonds. The summed E-state index contributed by atoms with van der Waals surface area (Å²) in [6.07, 6.45) is 1.55. The summed E-state index contributed by atoms with van der Waals surface area (Å²) in [5, 5.41) is 14.5. The maximum Gasteiger partial charge on any atom is 0.317 e. The zero-order valence-electron chi connectivity index (χ0n) is 12.9. The van der Waals surface area contributed by atoms with Crippen LogP contribution in [0.2, 0.25) is 0 Å². The molecule has 3 N–H and O–H groups in total. The first-order chi connectivity index (χ1) is 9.86. The summed E-state index contributed by atoms with van der Waals surface area (Å²) in [7, 11) is 0. The molecule has 1 heterocycles. The largest absolute Gasteiger partial charge is 0.481 e. The van der Waals surface area contributed by atoms with E-state index in [9.17, 15) is 14.4 Å². The molecule has 0 bridgehead atoms. The standard InChI is InChI=1S/C14H25N3O4/c1-4-9(2)16-12(18)5-7-15-14(21)17-8-6-11(10(17)3)13(19)20/h9-11H,4-8H2,1-3H3,(H,15,21)(H,16,18)(H,19,20). The van der Waals surface area contributed by atoms with Gasteiger partial charge in [0, 0.05) is 31.6 Å². The van der Waals surface area contributed by atoms with Crippen molar-refractivity contribution < 1.29 is 19.5 Å². The molecule has 0 saturated carbocycles. The van der Waals surface area contributed by atoms with Gasteiger partial charge in [-0.1, -0.05) is 6.92 Å². The van der Waals surface area contributed by atoms with Crippen LogP contribution in [-0.2, 0) is 9.59 Å². The molecule has 21 heavy (non-hydrogen) atoms. The number of carboxylic acid groups (broad SMARTS) is 1. The summed E-state index contributed by atoms with van der Waals surface area (Å²) in [6.45, 7) is 6.33. The molecule has 0 aromatic rings. The van der Waals surface area contributed by atoms with Gasteiger partial charge in [-0.25, -0.2) is 4.79 Å². The first kappa shape index (κ1) is 17.3. The van der Waals surface area contributed by atoms with E-state index in [1.165, 1.54) is 4.90 Å². The molecule has 7 heteroatoms. The summed E-state index contributed by atoms with van der Waals surface area (Å²) >= 11 is 0. The molecular formula is C14H25N3O4. The molecule has 7 nitrogen and oxygen atoms in total. The van der Waals surface area contributed by atoms with E-state index >= 15 is 0 Å². The molecule has 120 valence electrons. The lowest BCUT2D eigenvalue weighted by Gasteiger charge is -2.23. The number of hydrogen-bond acceptors (Lipinski definition) is 3. The Kier molecular flexibility index (Phi) is 6.45. The van der Waals surface area contributed by atoms with E-state index in [-0.39, 0.29) is 37.0 Å². The highest BCUT2D eigenvalue weighted by atomic mass is 16.4. The average molecular weight is 299 g/mol. The maximum atomic E-state index is 12.0. The third-order valence-corrected chi connectivity index (χ3v) is 3.98. The predicted molar refractivity (Wildman–Crippen MR) is 77.8 cm³/mol. The minimum Gasteiger partial charge on any atom is -0.481 e. The van der Waals surface area contributed by atoms with E-state index in [0.717, 1.165) is 6.42 Å². The number of carbonyl (C=O) groups is 3. The zero-order valence-corrected chi connectivity index (χ0v) is 12.9. The lowest BCUT2D eigenvalue weighted by atomic mass is 10.0. The Bertz CT molecular complexity index is 400. The van der Waals surface area contributed by atoms with Gasteiger partial charge in [-0.05, 0) is 26.7 Å². The van der Waals surface area contributed by atoms with E-state index in [2.05, 4.69) is 10.6 Å². The number of carboxylic acids is 1. The minimum absolute atomic E-state index is 0.0949. The van der Waals surface area contributed by atoms with E-state index in [1.54, 1.807) is 6.92 Å². The number of hydrogen-bond donors (Lipinski definition) is 3. The smallest absolute Gasteiger partial charge is 0.317 e. The van der Waals surface area contributed by atoms with Gasteiger partial charge in [0.1, 0.15) is 0 Å². The molecule has 0 aliphatic carbocycles. The van der Waals surface area contributed by atoms with Crippen molar-refractivity contribution in [2.75, 3.05) is 13.1 Å². The van der Waals surface area contributed by atoms with Crippen LogP contribution < -0.4 is 10.6 Å². The Labute approximate surface area is 125 Å². The van der Waals surface area contributed by atoms with Gasteiger partial charge in [0.25, 0.3) is 0 Å². The van der Waals surface area contributed by atoms with Crippen LogP contribution in [0.25, 0.3) is 0 Å². The Hall–Kier alpha value is -1.79. The molecule has 0 spiro atoms. The maximum absolute atomic E-state index is 12.0. The van der Waals surface area contributed by atoms with Crippen LogP contribution >= 0.6 is 0 Å². The van der Waals surface area contributed by atoms with Gasteiger partial charge in [-0.2, -0.15) is 0 Å². The van der Waals surface area contributed by atoms with Crippen molar-refractivity contribution in [1.82, 2.24) is 15.5 Å². The van der Waals surface area contributed by atoms with Crippen molar-refractivity contribution in [1.29, 1.82) is 0 Å². The van der Waals surface area contributed by atoms with Crippen LogP contribution in [0.4, 0.5) is 4.79 Å². The SMILES string of the molecule is CCC(C)NC(=O)CCNC(=O)N1CCC(C(=O)O)C1C. The van der Waals surface area contributed by atoms with Crippen molar-refractivity contribution in [2.24, 2.45) is 5.92 Å². The summed E-state index contributed by atoms with van der Waals surface area (Å²) in [6, 6.07) is -0.498. The van der Waals surface area contributed by atoms with Crippen molar-refractivity contribution in [3.63, 3.8) is 0 Å². The molecule has 0 radical (unpaired) electrons. The molecule has 1 aliphatic heterocycles. The highest BCUT2D eigenvalue weighted by molar-refractivity contribution is 5.80. The zero-order chi connectivity index (χ0) is 16.0. The molecule has 1 fully saturated rings.